The molecule has 0 aromatic carbocycles. The Morgan fingerprint density at radius 3 is 1.57 bits per heavy atom. The average Bonchev–Trinajstić information content (AvgIpc) is 1.65. The zero-order valence-corrected chi connectivity index (χ0v) is 8.87. The van der Waals surface area contributed by atoms with Crippen molar-refractivity contribution in [2.45, 2.75) is 0 Å². The van der Waals surface area contributed by atoms with Crippen LogP contribution in [0.15, 0.2) is 0 Å². The molecule has 4 heteroatoms. The molecule has 0 heterocycles. The second-order valence-electron chi connectivity index (χ2n) is 0.658. The molecule has 0 aliphatic rings. The summed E-state index contributed by atoms with van der Waals surface area (Å²) in [7, 11) is 2.51. The van der Waals surface area contributed by atoms with Gasteiger partial charge in [0.1, 0.15) is 0 Å². The molecule has 0 saturated heterocycles. The summed E-state index contributed by atoms with van der Waals surface area (Å²) in [5, 5.41) is 0. The third kappa shape index (κ3) is 6.84. The van der Waals surface area contributed by atoms with Crippen molar-refractivity contribution in [3.8, 4) is 0 Å². The fraction of sp³-hybridized carbons (Fsp3) is 0.667. The number of methoxy groups -OCH3 is 2. The zero-order chi connectivity index (χ0) is 4.99. The monoisotopic (exact) mass is 228 g/mol. The van der Waals surface area contributed by atoms with Gasteiger partial charge in [-0.05, 0) is 0 Å². The van der Waals surface area contributed by atoms with E-state index in [0.29, 0.717) is 0 Å². The number of hydrogen-bond acceptors (Lipinski definition) is 3. The minimum atomic E-state index is -0.657. The molecule has 0 atom stereocenters. The van der Waals surface area contributed by atoms with Crippen molar-refractivity contribution in [3.63, 3.8) is 0 Å². The molecular formula is C3H6BaO3. The van der Waals surface area contributed by atoms with Gasteiger partial charge in [0.2, 0.25) is 0 Å². The smallest absolute Gasteiger partial charge is 0.438 e. The minimum absolute atomic E-state index is 0. The molecular weight excluding hydrogens is 221 g/mol. The summed E-state index contributed by atoms with van der Waals surface area (Å²) in [6.07, 6.45) is -0.657. The fourth-order valence-corrected chi connectivity index (χ4v) is 0.0833. The summed E-state index contributed by atoms with van der Waals surface area (Å²) in [6.45, 7) is 0. The van der Waals surface area contributed by atoms with E-state index < -0.39 is 6.16 Å². The molecule has 0 rings (SSSR count). The average molecular weight is 227 g/mol. The Hall–Kier alpha value is 0.841. The third-order valence-corrected chi connectivity index (χ3v) is 0.333. The number of carbonyl (C=O) groups excluding carboxylic acids is 1. The van der Waals surface area contributed by atoms with Crippen molar-refractivity contribution in [1.29, 1.82) is 0 Å². The van der Waals surface area contributed by atoms with Gasteiger partial charge < -0.3 is 9.47 Å². The molecule has 0 saturated carbocycles. The maximum absolute atomic E-state index is 9.74. The van der Waals surface area contributed by atoms with E-state index in [1.165, 1.54) is 14.2 Å². The van der Waals surface area contributed by atoms with Crippen LogP contribution < -0.4 is 0 Å². The van der Waals surface area contributed by atoms with Crippen molar-refractivity contribution in [1.82, 2.24) is 0 Å². The Labute approximate surface area is 82.4 Å². The molecule has 0 unspecified atom stereocenters. The van der Waals surface area contributed by atoms with E-state index in [9.17, 15) is 4.79 Å². The molecule has 0 N–H and O–H groups in total. The first-order valence-corrected chi connectivity index (χ1v) is 1.43. The molecule has 0 amide bonds. The second kappa shape index (κ2) is 6.84. The van der Waals surface area contributed by atoms with E-state index in [0.717, 1.165) is 0 Å². The van der Waals surface area contributed by atoms with Crippen LogP contribution in [-0.4, -0.2) is 69.3 Å². The van der Waals surface area contributed by atoms with Gasteiger partial charge in [-0.1, -0.05) is 0 Å². The molecule has 0 spiro atoms. The zero-order valence-electron chi connectivity index (χ0n) is 4.43. The maximum Gasteiger partial charge on any atom is 0.507 e. The topological polar surface area (TPSA) is 35.5 Å². The van der Waals surface area contributed by atoms with Gasteiger partial charge >= 0.3 is 6.16 Å². The van der Waals surface area contributed by atoms with Gasteiger partial charge in [-0.25, -0.2) is 4.79 Å². The molecule has 3 nitrogen and oxygen atoms in total. The first kappa shape index (κ1) is 10.8. The number of rotatable bonds is 0. The molecule has 38 valence electrons. The summed E-state index contributed by atoms with van der Waals surface area (Å²) in [5.41, 5.74) is 0. The molecule has 2 radical (unpaired) electrons. The molecule has 0 bridgehead atoms. The van der Waals surface area contributed by atoms with Gasteiger partial charge in [0, 0.05) is 48.9 Å². The third-order valence-electron chi connectivity index (χ3n) is 0.333. The number of hydrogen-bond donors (Lipinski definition) is 0. The van der Waals surface area contributed by atoms with Crippen LogP contribution in [0.5, 0.6) is 0 Å². The summed E-state index contributed by atoms with van der Waals surface area (Å²) >= 11 is 0. The van der Waals surface area contributed by atoms with Crippen LogP contribution in [0.25, 0.3) is 0 Å². The van der Waals surface area contributed by atoms with E-state index in [1.54, 1.807) is 0 Å². The van der Waals surface area contributed by atoms with Crippen LogP contribution in [0.4, 0.5) is 4.79 Å². The standard InChI is InChI=1S/C3H6O3.Ba/c1-5-3(4)6-2;/h1-2H3;. The Bertz CT molecular complexity index is 48.1. The summed E-state index contributed by atoms with van der Waals surface area (Å²) < 4.78 is 8.08. The van der Waals surface area contributed by atoms with E-state index >= 15 is 0 Å². The maximum atomic E-state index is 9.74. The van der Waals surface area contributed by atoms with Gasteiger partial charge in [-0.3, -0.25) is 0 Å². The van der Waals surface area contributed by atoms with Crippen LogP contribution in [-0.2, 0) is 9.47 Å². The van der Waals surface area contributed by atoms with Gasteiger partial charge in [0.25, 0.3) is 0 Å². The fourth-order valence-electron chi connectivity index (χ4n) is 0.0833. The quantitative estimate of drug-likeness (QED) is 0.432. The van der Waals surface area contributed by atoms with Crippen LogP contribution in [0.2, 0.25) is 0 Å². The molecule has 0 aliphatic heterocycles. The van der Waals surface area contributed by atoms with Crippen LogP contribution >= 0.6 is 0 Å². The molecule has 0 aromatic rings. The SMILES string of the molecule is COC(=O)OC.[Ba]. The Morgan fingerprint density at radius 2 is 1.57 bits per heavy atom. The predicted octanol–water partition coefficient (Wildman–Crippen LogP) is 0.0184. The Balaban J connectivity index is 0. The van der Waals surface area contributed by atoms with Crippen LogP contribution in [0.1, 0.15) is 0 Å². The summed E-state index contributed by atoms with van der Waals surface area (Å²) in [5.74, 6) is 0. The molecule has 0 aliphatic carbocycles. The van der Waals surface area contributed by atoms with E-state index in [-0.39, 0.29) is 48.9 Å². The molecule has 0 aromatic heterocycles. The van der Waals surface area contributed by atoms with Gasteiger partial charge in [-0.15, -0.1) is 0 Å². The van der Waals surface area contributed by atoms with Crippen molar-refractivity contribution < 1.29 is 14.3 Å². The minimum Gasteiger partial charge on any atom is -0.438 e. The summed E-state index contributed by atoms with van der Waals surface area (Å²) in [4.78, 5) is 9.74. The summed E-state index contributed by atoms with van der Waals surface area (Å²) in [6, 6.07) is 0. The van der Waals surface area contributed by atoms with Crippen molar-refractivity contribution in [3.05, 3.63) is 0 Å². The second-order valence-corrected chi connectivity index (χ2v) is 0.658. The molecule has 0 fully saturated rings. The number of carbonyl (C=O) groups is 1. The molecule has 7 heavy (non-hydrogen) atoms. The van der Waals surface area contributed by atoms with Crippen LogP contribution in [0, 0.1) is 0 Å². The number of ether oxygens (including phenoxy) is 2. The first-order valence-electron chi connectivity index (χ1n) is 1.43. The van der Waals surface area contributed by atoms with E-state index in [4.69, 9.17) is 0 Å². The van der Waals surface area contributed by atoms with Gasteiger partial charge in [0.15, 0.2) is 0 Å². The van der Waals surface area contributed by atoms with E-state index in [1.807, 2.05) is 0 Å². The van der Waals surface area contributed by atoms with E-state index in [2.05, 4.69) is 9.47 Å². The van der Waals surface area contributed by atoms with Gasteiger partial charge in [-0.2, -0.15) is 0 Å². The normalized spacial score (nSPS) is 6.00. The van der Waals surface area contributed by atoms with Crippen molar-refractivity contribution in [2.24, 2.45) is 0 Å². The van der Waals surface area contributed by atoms with Crippen molar-refractivity contribution in [2.75, 3.05) is 14.2 Å². The predicted molar refractivity (Wildman–Crippen MR) is 25.2 cm³/mol. The van der Waals surface area contributed by atoms with Crippen molar-refractivity contribution >= 4 is 55.0 Å². The van der Waals surface area contributed by atoms with Gasteiger partial charge in [0.05, 0.1) is 14.2 Å². The Kier molecular flexibility index (Phi) is 10.5. The van der Waals surface area contributed by atoms with Crippen LogP contribution in [0.3, 0.4) is 0 Å². The largest absolute Gasteiger partial charge is 0.507 e. The first-order chi connectivity index (χ1) is 2.81. The Morgan fingerprint density at radius 1 is 1.29 bits per heavy atom.